The van der Waals surface area contributed by atoms with Gasteiger partial charge in [-0.1, -0.05) is 37.3 Å². The molecule has 1 aromatic carbocycles. The molecule has 1 aliphatic carbocycles. The van der Waals surface area contributed by atoms with Gasteiger partial charge >= 0.3 is 0 Å². The molecule has 26 heavy (non-hydrogen) atoms. The number of amides is 2. The standard InChI is InChI=1S/C21H26N2O3/c1-2-12-22(21(25)18-10-11-18)16-20(24)23(15-19-9-6-13-26-19)14-17-7-4-3-5-8-17/h3-9,13,18H,2,10-12,14-16H2,1H3. The van der Waals surface area contributed by atoms with Gasteiger partial charge in [0, 0.05) is 19.0 Å². The van der Waals surface area contributed by atoms with E-state index in [2.05, 4.69) is 0 Å². The van der Waals surface area contributed by atoms with E-state index in [4.69, 9.17) is 4.42 Å². The molecule has 138 valence electrons. The van der Waals surface area contributed by atoms with E-state index in [-0.39, 0.29) is 24.3 Å². The van der Waals surface area contributed by atoms with Gasteiger partial charge < -0.3 is 14.2 Å². The molecule has 1 saturated carbocycles. The Morgan fingerprint density at radius 2 is 1.81 bits per heavy atom. The first-order chi connectivity index (χ1) is 12.7. The number of benzene rings is 1. The highest BCUT2D eigenvalue weighted by Crippen LogP contribution is 2.31. The third-order valence-electron chi connectivity index (χ3n) is 4.55. The quantitative estimate of drug-likeness (QED) is 0.693. The van der Waals surface area contributed by atoms with Gasteiger partial charge in [0.25, 0.3) is 0 Å². The highest BCUT2D eigenvalue weighted by atomic mass is 16.3. The summed E-state index contributed by atoms with van der Waals surface area (Å²) >= 11 is 0. The Hall–Kier alpha value is -2.56. The highest BCUT2D eigenvalue weighted by molar-refractivity contribution is 5.87. The van der Waals surface area contributed by atoms with Crippen LogP contribution >= 0.6 is 0 Å². The molecule has 5 heteroatoms. The summed E-state index contributed by atoms with van der Waals surface area (Å²) in [6.07, 6.45) is 4.36. The first-order valence-electron chi connectivity index (χ1n) is 9.30. The number of carbonyl (C=O) groups excluding carboxylic acids is 2. The Morgan fingerprint density at radius 3 is 2.42 bits per heavy atom. The van der Waals surface area contributed by atoms with Gasteiger partial charge in [-0.3, -0.25) is 9.59 Å². The van der Waals surface area contributed by atoms with E-state index in [1.54, 1.807) is 16.1 Å². The zero-order valence-electron chi connectivity index (χ0n) is 15.3. The average molecular weight is 354 g/mol. The minimum atomic E-state index is -0.0484. The van der Waals surface area contributed by atoms with Gasteiger partial charge in [-0.15, -0.1) is 0 Å². The molecule has 0 radical (unpaired) electrons. The summed E-state index contributed by atoms with van der Waals surface area (Å²) in [4.78, 5) is 28.9. The Balaban J connectivity index is 1.71. The van der Waals surface area contributed by atoms with Gasteiger partial charge in [0.05, 0.1) is 19.4 Å². The van der Waals surface area contributed by atoms with Crippen LogP contribution in [0, 0.1) is 5.92 Å². The summed E-state index contributed by atoms with van der Waals surface area (Å²) < 4.78 is 5.43. The summed E-state index contributed by atoms with van der Waals surface area (Å²) in [6.45, 7) is 3.69. The second kappa shape index (κ2) is 8.70. The van der Waals surface area contributed by atoms with Crippen molar-refractivity contribution in [3.8, 4) is 0 Å². The molecule has 0 aliphatic heterocycles. The fourth-order valence-corrected chi connectivity index (χ4v) is 3.02. The third-order valence-corrected chi connectivity index (χ3v) is 4.55. The Kier molecular flexibility index (Phi) is 6.10. The van der Waals surface area contributed by atoms with Gasteiger partial charge in [-0.2, -0.15) is 0 Å². The van der Waals surface area contributed by atoms with Crippen LogP contribution in [-0.2, 0) is 22.7 Å². The van der Waals surface area contributed by atoms with Crippen LogP contribution in [0.2, 0.25) is 0 Å². The first kappa shape index (κ1) is 18.2. The molecule has 1 aliphatic rings. The van der Waals surface area contributed by atoms with E-state index in [1.165, 1.54) is 0 Å². The third kappa shape index (κ3) is 4.97. The summed E-state index contributed by atoms with van der Waals surface area (Å²) in [7, 11) is 0. The fourth-order valence-electron chi connectivity index (χ4n) is 3.02. The maximum absolute atomic E-state index is 13.0. The van der Waals surface area contributed by atoms with Crippen molar-refractivity contribution in [2.75, 3.05) is 13.1 Å². The van der Waals surface area contributed by atoms with Crippen LogP contribution < -0.4 is 0 Å². The SMILES string of the molecule is CCCN(CC(=O)N(Cc1ccccc1)Cc1ccco1)C(=O)C1CC1. The zero-order valence-corrected chi connectivity index (χ0v) is 15.3. The van der Waals surface area contributed by atoms with Gasteiger partial charge in [0.2, 0.25) is 11.8 Å². The molecule has 0 spiro atoms. The van der Waals surface area contributed by atoms with Crippen molar-refractivity contribution in [3.63, 3.8) is 0 Å². The number of hydrogen-bond donors (Lipinski definition) is 0. The maximum atomic E-state index is 13.0. The number of hydrogen-bond acceptors (Lipinski definition) is 3. The molecular formula is C21H26N2O3. The monoisotopic (exact) mass is 354 g/mol. The molecular weight excluding hydrogens is 328 g/mol. The smallest absolute Gasteiger partial charge is 0.242 e. The molecule has 5 nitrogen and oxygen atoms in total. The van der Waals surface area contributed by atoms with Gasteiger partial charge in [-0.25, -0.2) is 0 Å². The van der Waals surface area contributed by atoms with E-state index in [0.717, 1.165) is 30.6 Å². The van der Waals surface area contributed by atoms with Crippen LogP contribution in [0.25, 0.3) is 0 Å². The van der Waals surface area contributed by atoms with Crippen LogP contribution in [0.3, 0.4) is 0 Å². The molecule has 2 aromatic rings. The van der Waals surface area contributed by atoms with Gasteiger partial charge in [-0.05, 0) is 37.0 Å². The largest absolute Gasteiger partial charge is 0.467 e. The van der Waals surface area contributed by atoms with Crippen LogP contribution in [0.1, 0.15) is 37.5 Å². The Labute approximate surface area is 154 Å². The predicted octanol–water partition coefficient (Wildman–Crippen LogP) is 3.46. The van der Waals surface area contributed by atoms with E-state index in [1.807, 2.05) is 49.4 Å². The number of rotatable bonds is 9. The number of nitrogens with zero attached hydrogens (tertiary/aromatic N) is 2. The summed E-state index contributed by atoms with van der Waals surface area (Å²) in [5.41, 5.74) is 1.06. The molecule has 1 heterocycles. The minimum absolute atomic E-state index is 0.0484. The molecule has 0 N–H and O–H groups in total. The normalized spacial score (nSPS) is 13.4. The lowest BCUT2D eigenvalue weighted by molar-refractivity contribution is -0.142. The Morgan fingerprint density at radius 1 is 1.04 bits per heavy atom. The zero-order chi connectivity index (χ0) is 18.4. The lowest BCUT2D eigenvalue weighted by atomic mass is 10.2. The average Bonchev–Trinajstić information content (AvgIpc) is 3.38. The van der Waals surface area contributed by atoms with Crippen molar-refractivity contribution >= 4 is 11.8 Å². The lowest BCUT2D eigenvalue weighted by Crippen LogP contribution is -2.43. The van der Waals surface area contributed by atoms with Crippen molar-refractivity contribution in [2.45, 2.75) is 39.3 Å². The summed E-state index contributed by atoms with van der Waals surface area (Å²) in [5.74, 6) is 0.942. The fraction of sp³-hybridized carbons (Fsp3) is 0.429. The van der Waals surface area contributed by atoms with Crippen molar-refractivity contribution in [2.24, 2.45) is 5.92 Å². The number of carbonyl (C=O) groups is 2. The second-order valence-corrected chi connectivity index (χ2v) is 6.85. The summed E-state index contributed by atoms with van der Waals surface area (Å²) in [6, 6.07) is 13.6. The first-order valence-corrected chi connectivity index (χ1v) is 9.30. The van der Waals surface area contributed by atoms with Crippen LogP contribution in [-0.4, -0.2) is 34.7 Å². The van der Waals surface area contributed by atoms with E-state index >= 15 is 0 Å². The van der Waals surface area contributed by atoms with Gasteiger partial charge in [0.15, 0.2) is 0 Å². The second-order valence-electron chi connectivity index (χ2n) is 6.85. The number of furan rings is 1. The Bertz CT molecular complexity index is 708. The molecule has 1 aromatic heterocycles. The van der Waals surface area contributed by atoms with Crippen LogP contribution in [0.4, 0.5) is 0 Å². The molecule has 3 rings (SSSR count). The maximum Gasteiger partial charge on any atom is 0.242 e. The molecule has 1 fully saturated rings. The summed E-state index contributed by atoms with van der Waals surface area (Å²) in [5, 5.41) is 0. The van der Waals surface area contributed by atoms with Crippen molar-refractivity contribution in [3.05, 3.63) is 60.1 Å². The topological polar surface area (TPSA) is 53.8 Å². The predicted molar refractivity (Wildman–Crippen MR) is 99.0 cm³/mol. The molecule has 0 atom stereocenters. The van der Waals surface area contributed by atoms with Crippen molar-refractivity contribution in [1.29, 1.82) is 0 Å². The molecule has 0 saturated heterocycles. The van der Waals surface area contributed by atoms with Crippen molar-refractivity contribution < 1.29 is 14.0 Å². The van der Waals surface area contributed by atoms with Gasteiger partial charge in [0.1, 0.15) is 5.76 Å². The van der Waals surface area contributed by atoms with E-state index < -0.39 is 0 Å². The highest BCUT2D eigenvalue weighted by Gasteiger charge is 2.34. The minimum Gasteiger partial charge on any atom is -0.467 e. The lowest BCUT2D eigenvalue weighted by Gasteiger charge is -2.27. The van der Waals surface area contributed by atoms with E-state index in [9.17, 15) is 9.59 Å². The van der Waals surface area contributed by atoms with Crippen LogP contribution in [0.15, 0.2) is 53.1 Å². The van der Waals surface area contributed by atoms with Crippen LogP contribution in [0.5, 0.6) is 0 Å². The molecule has 0 unspecified atom stereocenters. The molecule has 0 bridgehead atoms. The molecule has 2 amide bonds. The van der Waals surface area contributed by atoms with E-state index in [0.29, 0.717) is 19.6 Å². The van der Waals surface area contributed by atoms with Crippen molar-refractivity contribution in [1.82, 2.24) is 9.80 Å².